The molecule has 1 aliphatic carbocycles. The number of carbonyl (C=O) groups is 2. The number of ether oxygens (including phenoxy) is 2. The molecule has 240 valence electrons. The van der Waals surface area contributed by atoms with Gasteiger partial charge < -0.3 is 19.7 Å². The lowest BCUT2D eigenvalue weighted by Crippen LogP contribution is -2.31. The molecule has 0 atom stereocenters. The van der Waals surface area contributed by atoms with Crippen molar-refractivity contribution in [1.82, 2.24) is 0 Å². The van der Waals surface area contributed by atoms with E-state index in [4.69, 9.17) is 9.47 Å². The highest BCUT2D eigenvalue weighted by molar-refractivity contribution is 5.70. The third kappa shape index (κ3) is 6.96. The Bertz CT molecular complexity index is 1670. The van der Waals surface area contributed by atoms with E-state index in [1.807, 2.05) is 64.1 Å². The molecule has 6 heteroatoms. The van der Waals surface area contributed by atoms with Crippen LogP contribution in [-0.4, -0.2) is 22.2 Å². The number of aromatic hydroxyl groups is 2. The van der Waals surface area contributed by atoms with E-state index in [0.717, 1.165) is 87.7 Å². The lowest BCUT2D eigenvalue weighted by atomic mass is 9.64. The van der Waals surface area contributed by atoms with Crippen LogP contribution in [0.15, 0.2) is 60.7 Å². The van der Waals surface area contributed by atoms with Crippen molar-refractivity contribution in [3.63, 3.8) is 0 Å². The number of benzene rings is 4. The van der Waals surface area contributed by atoms with Gasteiger partial charge >= 0.3 is 11.9 Å². The zero-order chi connectivity index (χ0) is 33.2. The van der Waals surface area contributed by atoms with Gasteiger partial charge in [0.2, 0.25) is 0 Å². The van der Waals surface area contributed by atoms with Gasteiger partial charge in [-0.3, -0.25) is 9.59 Å². The third-order valence-corrected chi connectivity index (χ3v) is 9.27. The number of aryl methyl sites for hydroxylation is 4. The summed E-state index contributed by atoms with van der Waals surface area (Å²) in [5.41, 5.74) is 8.84. The second-order valence-electron chi connectivity index (χ2n) is 13.0. The fourth-order valence-corrected chi connectivity index (χ4v) is 7.04. The molecule has 0 saturated heterocycles. The maximum absolute atomic E-state index is 11.8. The standard InChI is InChI=1S/C40H44O6/c1-24-10-12-36(45-28(5)41)30(16-24)20-32-22-34(18-26(3)38(32)43)40(14-8-7-9-15-40)35-19-27(4)39(44)33(23-35)21-31-17-25(2)11-13-37(31)46-29(6)42/h10-13,16-19,22-23,43-44H,7-9,14-15,20-21H2,1-6H3. The Balaban J connectivity index is 1.62. The zero-order valence-electron chi connectivity index (χ0n) is 27.8. The van der Waals surface area contributed by atoms with E-state index in [1.54, 1.807) is 0 Å². The summed E-state index contributed by atoms with van der Waals surface area (Å²) in [6.07, 6.45) is 5.97. The molecule has 6 nitrogen and oxygen atoms in total. The van der Waals surface area contributed by atoms with Gasteiger partial charge in [-0.15, -0.1) is 0 Å². The van der Waals surface area contributed by atoms with E-state index >= 15 is 0 Å². The lowest BCUT2D eigenvalue weighted by Gasteiger charge is -2.40. The molecule has 0 heterocycles. The summed E-state index contributed by atoms with van der Waals surface area (Å²) in [5, 5.41) is 22.6. The molecular weight excluding hydrogens is 576 g/mol. The van der Waals surface area contributed by atoms with E-state index in [1.165, 1.54) is 13.8 Å². The third-order valence-electron chi connectivity index (χ3n) is 9.27. The highest BCUT2D eigenvalue weighted by Gasteiger charge is 2.37. The fraction of sp³-hybridized carbons (Fsp3) is 0.350. The monoisotopic (exact) mass is 620 g/mol. The molecule has 1 aliphatic rings. The van der Waals surface area contributed by atoms with Crippen LogP contribution < -0.4 is 9.47 Å². The molecular formula is C40H44O6. The van der Waals surface area contributed by atoms with Gasteiger partial charge in [0.15, 0.2) is 0 Å². The van der Waals surface area contributed by atoms with Gasteiger partial charge in [0.05, 0.1) is 0 Å². The first-order chi connectivity index (χ1) is 21.9. The number of carbonyl (C=O) groups excluding carboxylic acids is 2. The Kier molecular flexibility index (Phi) is 9.57. The quantitative estimate of drug-likeness (QED) is 0.151. The maximum atomic E-state index is 11.8. The molecule has 2 N–H and O–H groups in total. The molecule has 46 heavy (non-hydrogen) atoms. The Labute approximate surface area is 272 Å². The second-order valence-corrected chi connectivity index (χ2v) is 13.0. The number of hydrogen-bond acceptors (Lipinski definition) is 6. The second kappa shape index (κ2) is 13.4. The van der Waals surface area contributed by atoms with Crippen LogP contribution in [-0.2, 0) is 27.8 Å². The van der Waals surface area contributed by atoms with Crippen LogP contribution in [0.25, 0.3) is 0 Å². The summed E-state index contributed by atoms with van der Waals surface area (Å²) >= 11 is 0. The molecule has 0 unspecified atom stereocenters. The summed E-state index contributed by atoms with van der Waals surface area (Å²) < 4.78 is 11.1. The first-order valence-corrected chi connectivity index (χ1v) is 16.1. The number of rotatable bonds is 8. The summed E-state index contributed by atoms with van der Waals surface area (Å²) in [6, 6.07) is 19.9. The minimum atomic E-state index is -0.385. The Morgan fingerprint density at radius 3 is 1.41 bits per heavy atom. The molecule has 0 aromatic heterocycles. The first kappa shape index (κ1) is 32.8. The van der Waals surface area contributed by atoms with Gasteiger partial charge in [-0.05, 0) is 97.2 Å². The molecule has 4 aromatic carbocycles. The Morgan fingerprint density at radius 2 is 1.02 bits per heavy atom. The predicted octanol–water partition coefficient (Wildman–Crippen LogP) is 8.61. The van der Waals surface area contributed by atoms with Crippen molar-refractivity contribution in [2.45, 2.75) is 91.9 Å². The van der Waals surface area contributed by atoms with Crippen molar-refractivity contribution in [3.8, 4) is 23.0 Å². The van der Waals surface area contributed by atoms with Gasteiger partial charge in [0.25, 0.3) is 0 Å². The highest BCUT2D eigenvalue weighted by atomic mass is 16.5. The largest absolute Gasteiger partial charge is 0.507 e. The molecule has 1 fully saturated rings. The zero-order valence-corrected chi connectivity index (χ0v) is 27.8. The topological polar surface area (TPSA) is 93.1 Å². The molecule has 1 saturated carbocycles. The maximum Gasteiger partial charge on any atom is 0.308 e. The predicted molar refractivity (Wildman–Crippen MR) is 180 cm³/mol. The van der Waals surface area contributed by atoms with Gasteiger partial charge in [-0.1, -0.05) is 78.9 Å². The average molecular weight is 621 g/mol. The van der Waals surface area contributed by atoms with Crippen LogP contribution in [0, 0.1) is 27.7 Å². The summed E-state index contributed by atoms with van der Waals surface area (Å²) in [4.78, 5) is 23.7. The van der Waals surface area contributed by atoms with Gasteiger partial charge in [0.1, 0.15) is 23.0 Å². The van der Waals surface area contributed by atoms with Gasteiger partial charge in [-0.2, -0.15) is 0 Å². The smallest absolute Gasteiger partial charge is 0.308 e. The van der Waals surface area contributed by atoms with Crippen LogP contribution in [0.2, 0.25) is 0 Å². The first-order valence-electron chi connectivity index (χ1n) is 16.1. The Morgan fingerprint density at radius 1 is 0.609 bits per heavy atom. The minimum Gasteiger partial charge on any atom is -0.507 e. The number of hydrogen-bond donors (Lipinski definition) is 2. The van der Waals surface area contributed by atoms with Crippen LogP contribution >= 0.6 is 0 Å². The number of phenolic OH excluding ortho intramolecular Hbond substituents is 2. The molecule has 4 aromatic rings. The fourth-order valence-electron chi connectivity index (χ4n) is 7.04. The molecule has 0 bridgehead atoms. The van der Waals surface area contributed by atoms with E-state index in [9.17, 15) is 19.8 Å². The van der Waals surface area contributed by atoms with Crippen molar-refractivity contribution < 1.29 is 29.3 Å². The molecule has 0 aliphatic heterocycles. The summed E-state index contributed by atoms with van der Waals surface area (Å²) in [5.74, 6) is 0.705. The van der Waals surface area contributed by atoms with Crippen LogP contribution in [0.4, 0.5) is 0 Å². The number of phenols is 2. The van der Waals surface area contributed by atoms with Crippen molar-refractivity contribution in [2.24, 2.45) is 0 Å². The molecule has 0 spiro atoms. The van der Waals surface area contributed by atoms with E-state index in [0.29, 0.717) is 24.3 Å². The average Bonchev–Trinajstić information content (AvgIpc) is 3.00. The number of esters is 2. The molecule has 0 radical (unpaired) electrons. The molecule has 5 rings (SSSR count). The van der Waals surface area contributed by atoms with E-state index < -0.39 is 0 Å². The minimum absolute atomic E-state index is 0.241. The lowest BCUT2D eigenvalue weighted by molar-refractivity contribution is -0.132. The summed E-state index contributed by atoms with van der Waals surface area (Å²) in [6.45, 7) is 10.6. The van der Waals surface area contributed by atoms with Gasteiger partial charge in [-0.25, -0.2) is 0 Å². The van der Waals surface area contributed by atoms with Crippen LogP contribution in [0.3, 0.4) is 0 Å². The highest BCUT2D eigenvalue weighted by Crippen LogP contribution is 2.48. The Hall–Kier alpha value is -4.58. The van der Waals surface area contributed by atoms with Crippen molar-refractivity contribution in [1.29, 1.82) is 0 Å². The van der Waals surface area contributed by atoms with Crippen molar-refractivity contribution in [2.75, 3.05) is 0 Å². The van der Waals surface area contributed by atoms with Gasteiger partial charge in [0, 0.05) is 32.1 Å². The SMILES string of the molecule is CC(=O)Oc1ccc(C)cc1Cc1cc(C2(c3cc(C)c(O)c(Cc4cc(C)ccc4OC(C)=O)c3)CCCCC2)cc(C)c1O. The van der Waals surface area contributed by atoms with Crippen molar-refractivity contribution in [3.05, 3.63) is 116 Å². The molecule has 0 amide bonds. The van der Waals surface area contributed by atoms with Crippen molar-refractivity contribution >= 4 is 11.9 Å². The summed E-state index contributed by atoms with van der Waals surface area (Å²) in [7, 11) is 0. The van der Waals surface area contributed by atoms with Crippen LogP contribution in [0.1, 0.15) is 102 Å². The van der Waals surface area contributed by atoms with Crippen LogP contribution in [0.5, 0.6) is 23.0 Å². The normalized spacial score (nSPS) is 14.1. The van der Waals surface area contributed by atoms with E-state index in [2.05, 4.69) is 24.3 Å². The van der Waals surface area contributed by atoms with E-state index in [-0.39, 0.29) is 28.9 Å².